The fraction of sp³-hybridized carbons (Fsp3) is 0.500. The topological polar surface area (TPSA) is 29.5 Å². The van der Waals surface area contributed by atoms with Crippen molar-refractivity contribution in [2.45, 2.75) is 13.3 Å². The van der Waals surface area contributed by atoms with Crippen molar-refractivity contribution in [3.63, 3.8) is 0 Å². The number of hydrogen-bond acceptors (Lipinski definition) is 2. The maximum Gasteiger partial charge on any atom is 0.250 e. The number of hydrogen-bond donors (Lipinski definition) is 0. The normalized spacial score (nSPS) is 16.8. The fourth-order valence-corrected chi connectivity index (χ4v) is 1.29. The summed E-state index contributed by atoms with van der Waals surface area (Å²) in [5, 5.41) is 0. The first kappa shape index (κ1) is 9.84. The van der Waals surface area contributed by atoms with Gasteiger partial charge < -0.3 is 9.64 Å². The van der Waals surface area contributed by atoms with Crippen LogP contribution < -0.4 is 0 Å². The van der Waals surface area contributed by atoms with E-state index in [-0.39, 0.29) is 5.91 Å². The minimum absolute atomic E-state index is 0.0228. The van der Waals surface area contributed by atoms with Crippen molar-refractivity contribution in [1.82, 2.24) is 4.90 Å². The second-order valence-electron chi connectivity index (χ2n) is 2.87. The third kappa shape index (κ3) is 2.61. The van der Waals surface area contributed by atoms with Crippen LogP contribution in [0.15, 0.2) is 24.5 Å². The molecule has 72 valence electrons. The summed E-state index contributed by atoms with van der Waals surface area (Å²) >= 11 is 0. The molecule has 1 heterocycles. The van der Waals surface area contributed by atoms with Gasteiger partial charge >= 0.3 is 0 Å². The Balaban J connectivity index is 2.55. The number of rotatable bonds is 4. The van der Waals surface area contributed by atoms with Gasteiger partial charge in [-0.05, 0) is 6.92 Å². The molecule has 3 heteroatoms. The lowest BCUT2D eigenvalue weighted by molar-refractivity contribution is -0.126. The molecule has 1 aliphatic heterocycles. The van der Waals surface area contributed by atoms with Crippen LogP contribution in [0.2, 0.25) is 0 Å². The highest BCUT2D eigenvalue weighted by atomic mass is 16.5. The number of amides is 1. The molecule has 0 aromatic rings. The summed E-state index contributed by atoms with van der Waals surface area (Å²) in [5.74, 6) is 0.822. The van der Waals surface area contributed by atoms with E-state index >= 15 is 0 Å². The van der Waals surface area contributed by atoms with E-state index in [1.165, 1.54) is 0 Å². The minimum atomic E-state index is 0.0228. The predicted octanol–water partition coefficient (Wildman–Crippen LogP) is 1.33. The molecule has 1 amide bonds. The standard InChI is InChI=1S/C10H15NO2/c1-3-6-11-7-5-9(13-4-2)8-10(11)12/h3,8H,1,4-7H2,2H3. The average molecular weight is 181 g/mol. The van der Waals surface area contributed by atoms with E-state index in [0.717, 1.165) is 18.7 Å². The summed E-state index contributed by atoms with van der Waals surface area (Å²) in [5.41, 5.74) is 0. The maximum absolute atomic E-state index is 11.4. The van der Waals surface area contributed by atoms with Crippen LogP contribution in [-0.2, 0) is 9.53 Å². The molecular formula is C10H15NO2. The summed E-state index contributed by atoms with van der Waals surface area (Å²) in [6.07, 6.45) is 4.11. The second-order valence-corrected chi connectivity index (χ2v) is 2.87. The molecule has 0 unspecified atom stereocenters. The summed E-state index contributed by atoms with van der Waals surface area (Å²) in [7, 11) is 0. The first-order valence-corrected chi connectivity index (χ1v) is 4.51. The first-order chi connectivity index (χ1) is 6.27. The number of nitrogens with zero attached hydrogens (tertiary/aromatic N) is 1. The summed E-state index contributed by atoms with van der Waals surface area (Å²) in [4.78, 5) is 13.1. The van der Waals surface area contributed by atoms with Gasteiger partial charge in [-0.25, -0.2) is 0 Å². The molecule has 0 saturated heterocycles. The number of carbonyl (C=O) groups excluding carboxylic acids is 1. The Morgan fingerprint density at radius 3 is 3.08 bits per heavy atom. The Morgan fingerprint density at radius 1 is 1.77 bits per heavy atom. The minimum Gasteiger partial charge on any atom is -0.498 e. The molecule has 13 heavy (non-hydrogen) atoms. The smallest absolute Gasteiger partial charge is 0.250 e. The van der Waals surface area contributed by atoms with Gasteiger partial charge in [0.25, 0.3) is 0 Å². The molecule has 0 spiro atoms. The Bertz CT molecular complexity index is 233. The van der Waals surface area contributed by atoms with Gasteiger partial charge in [0.2, 0.25) is 5.91 Å². The molecule has 0 aliphatic carbocycles. The number of carbonyl (C=O) groups is 1. The second kappa shape index (κ2) is 4.70. The van der Waals surface area contributed by atoms with E-state index in [0.29, 0.717) is 13.2 Å². The fourth-order valence-electron chi connectivity index (χ4n) is 1.29. The van der Waals surface area contributed by atoms with Crippen molar-refractivity contribution in [1.29, 1.82) is 0 Å². The van der Waals surface area contributed by atoms with E-state index in [2.05, 4.69) is 6.58 Å². The highest BCUT2D eigenvalue weighted by Gasteiger charge is 2.17. The zero-order valence-corrected chi connectivity index (χ0v) is 7.95. The Hall–Kier alpha value is -1.25. The largest absolute Gasteiger partial charge is 0.498 e. The van der Waals surface area contributed by atoms with Crippen LogP contribution in [0.1, 0.15) is 13.3 Å². The summed E-state index contributed by atoms with van der Waals surface area (Å²) < 4.78 is 5.27. The molecule has 0 aromatic heterocycles. The van der Waals surface area contributed by atoms with Gasteiger partial charge in [-0.1, -0.05) is 6.08 Å². The van der Waals surface area contributed by atoms with Gasteiger partial charge in [-0.2, -0.15) is 0 Å². The van der Waals surface area contributed by atoms with Crippen LogP contribution >= 0.6 is 0 Å². The Labute approximate surface area is 78.7 Å². The van der Waals surface area contributed by atoms with Gasteiger partial charge in [-0.3, -0.25) is 4.79 Å². The quantitative estimate of drug-likeness (QED) is 0.612. The molecule has 0 fully saturated rings. The monoisotopic (exact) mass is 181 g/mol. The zero-order valence-electron chi connectivity index (χ0n) is 7.95. The molecule has 0 radical (unpaired) electrons. The van der Waals surface area contributed by atoms with Crippen LogP contribution in [0.5, 0.6) is 0 Å². The molecule has 0 N–H and O–H groups in total. The highest BCUT2D eigenvalue weighted by molar-refractivity contribution is 5.89. The average Bonchev–Trinajstić information content (AvgIpc) is 2.10. The van der Waals surface area contributed by atoms with Crippen molar-refractivity contribution in [2.75, 3.05) is 19.7 Å². The van der Waals surface area contributed by atoms with Gasteiger partial charge in [0, 0.05) is 25.6 Å². The van der Waals surface area contributed by atoms with Crippen LogP contribution in [0.3, 0.4) is 0 Å². The highest BCUT2D eigenvalue weighted by Crippen LogP contribution is 2.12. The maximum atomic E-state index is 11.4. The number of ether oxygens (including phenoxy) is 1. The van der Waals surface area contributed by atoms with E-state index in [4.69, 9.17) is 4.74 Å². The molecule has 1 rings (SSSR count). The molecule has 0 aromatic carbocycles. The lowest BCUT2D eigenvalue weighted by atomic mass is 10.2. The van der Waals surface area contributed by atoms with Crippen molar-refractivity contribution in [3.8, 4) is 0 Å². The Kier molecular flexibility index (Phi) is 3.55. The third-order valence-electron chi connectivity index (χ3n) is 1.90. The Morgan fingerprint density at radius 2 is 2.54 bits per heavy atom. The van der Waals surface area contributed by atoms with Gasteiger partial charge in [0.1, 0.15) is 5.76 Å². The lowest BCUT2D eigenvalue weighted by Crippen LogP contribution is -2.34. The van der Waals surface area contributed by atoms with Crippen molar-refractivity contribution >= 4 is 5.91 Å². The van der Waals surface area contributed by atoms with Crippen LogP contribution in [0.25, 0.3) is 0 Å². The summed E-state index contributed by atoms with van der Waals surface area (Å²) in [6, 6.07) is 0. The van der Waals surface area contributed by atoms with Crippen molar-refractivity contribution in [2.24, 2.45) is 0 Å². The first-order valence-electron chi connectivity index (χ1n) is 4.51. The molecule has 0 atom stereocenters. The summed E-state index contributed by atoms with van der Waals surface area (Å²) in [6.45, 7) is 7.50. The zero-order chi connectivity index (χ0) is 9.68. The van der Waals surface area contributed by atoms with E-state index in [1.54, 1.807) is 17.1 Å². The van der Waals surface area contributed by atoms with Gasteiger partial charge in [-0.15, -0.1) is 6.58 Å². The van der Waals surface area contributed by atoms with Gasteiger partial charge in [0.15, 0.2) is 0 Å². The molecule has 0 saturated carbocycles. The van der Waals surface area contributed by atoms with Crippen LogP contribution in [0.4, 0.5) is 0 Å². The molecule has 3 nitrogen and oxygen atoms in total. The van der Waals surface area contributed by atoms with E-state index in [9.17, 15) is 4.79 Å². The molecule has 0 bridgehead atoms. The van der Waals surface area contributed by atoms with Crippen molar-refractivity contribution < 1.29 is 9.53 Å². The van der Waals surface area contributed by atoms with E-state index < -0.39 is 0 Å². The van der Waals surface area contributed by atoms with Crippen LogP contribution in [0, 0.1) is 0 Å². The predicted molar refractivity (Wildman–Crippen MR) is 51.1 cm³/mol. The SMILES string of the molecule is C=CCN1CCC(OCC)=CC1=O. The third-order valence-corrected chi connectivity index (χ3v) is 1.90. The van der Waals surface area contributed by atoms with Gasteiger partial charge in [0.05, 0.1) is 6.61 Å². The van der Waals surface area contributed by atoms with E-state index in [1.807, 2.05) is 6.92 Å². The van der Waals surface area contributed by atoms with Crippen LogP contribution in [-0.4, -0.2) is 30.5 Å². The lowest BCUT2D eigenvalue weighted by Gasteiger charge is -2.24. The van der Waals surface area contributed by atoms with Crippen molar-refractivity contribution in [3.05, 3.63) is 24.5 Å². The molecule has 1 aliphatic rings. The molecular weight excluding hydrogens is 166 g/mol.